The molecule has 0 amide bonds. The molecule has 0 aromatic heterocycles. The van der Waals surface area contributed by atoms with Gasteiger partial charge in [-0.2, -0.15) is 5.26 Å². The molecule has 1 aliphatic rings. The first-order chi connectivity index (χ1) is 6.18. The van der Waals surface area contributed by atoms with Gasteiger partial charge < -0.3 is 15.0 Å². The van der Waals surface area contributed by atoms with Crippen LogP contribution in [0.1, 0.15) is 0 Å². The highest BCUT2D eigenvalue weighted by molar-refractivity contribution is 5.05. The molecule has 0 unspecified atom stereocenters. The van der Waals surface area contributed by atoms with E-state index in [2.05, 4.69) is 16.3 Å². The van der Waals surface area contributed by atoms with Gasteiger partial charge in [-0.05, 0) is 14.1 Å². The highest BCUT2D eigenvalue weighted by Crippen LogP contribution is 2.24. The SMILES string of the molecule is CN(C)CCNCC1(C#N)COC1. The van der Waals surface area contributed by atoms with Crippen LogP contribution in [0.2, 0.25) is 0 Å². The second kappa shape index (κ2) is 4.56. The maximum absolute atomic E-state index is 8.86. The molecule has 0 aliphatic carbocycles. The zero-order valence-corrected chi connectivity index (χ0v) is 8.34. The molecule has 4 heteroatoms. The smallest absolute Gasteiger partial charge is 0.116 e. The number of nitrogens with one attached hydrogen (secondary N) is 1. The quantitative estimate of drug-likeness (QED) is 0.593. The van der Waals surface area contributed by atoms with E-state index in [1.54, 1.807) is 0 Å². The lowest BCUT2D eigenvalue weighted by molar-refractivity contribution is -0.0753. The zero-order chi connectivity index (χ0) is 9.73. The molecule has 1 saturated heterocycles. The molecule has 4 nitrogen and oxygen atoms in total. The summed E-state index contributed by atoms with van der Waals surface area (Å²) in [6.07, 6.45) is 0. The van der Waals surface area contributed by atoms with E-state index in [0.29, 0.717) is 13.2 Å². The molecular weight excluding hydrogens is 166 g/mol. The minimum absolute atomic E-state index is 0.244. The molecule has 0 spiro atoms. The number of ether oxygens (including phenoxy) is 1. The first kappa shape index (κ1) is 10.5. The normalized spacial score (nSPS) is 19.5. The largest absolute Gasteiger partial charge is 0.378 e. The Labute approximate surface area is 79.5 Å². The standard InChI is InChI=1S/C9H17N3O/c1-12(2)4-3-11-6-9(5-10)7-13-8-9/h11H,3-4,6-8H2,1-2H3. The monoisotopic (exact) mass is 183 g/mol. The molecule has 0 atom stereocenters. The first-order valence-corrected chi connectivity index (χ1v) is 4.53. The van der Waals surface area contributed by atoms with Gasteiger partial charge >= 0.3 is 0 Å². The van der Waals surface area contributed by atoms with Gasteiger partial charge in [0.1, 0.15) is 5.41 Å². The third-order valence-electron chi connectivity index (χ3n) is 2.19. The van der Waals surface area contributed by atoms with Crippen LogP contribution in [0.4, 0.5) is 0 Å². The van der Waals surface area contributed by atoms with E-state index < -0.39 is 0 Å². The molecule has 1 fully saturated rings. The third kappa shape index (κ3) is 2.96. The molecule has 0 radical (unpaired) electrons. The second-order valence-corrected chi connectivity index (χ2v) is 3.86. The number of nitrogens with zero attached hydrogens (tertiary/aromatic N) is 2. The summed E-state index contributed by atoms with van der Waals surface area (Å²) >= 11 is 0. The van der Waals surface area contributed by atoms with E-state index in [9.17, 15) is 0 Å². The van der Waals surface area contributed by atoms with Gasteiger partial charge in [0, 0.05) is 19.6 Å². The van der Waals surface area contributed by atoms with E-state index >= 15 is 0 Å². The number of likely N-dealkylation sites (N-methyl/N-ethyl adjacent to an activating group) is 1. The van der Waals surface area contributed by atoms with E-state index in [1.807, 2.05) is 14.1 Å². The lowest BCUT2D eigenvalue weighted by Crippen LogP contribution is -2.49. The van der Waals surface area contributed by atoms with Crippen LogP contribution in [-0.4, -0.2) is 51.8 Å². The molecule has 1 rings (SSSR count). The van der Waals surface area contributed by atoms with Gasteiger partial charge in [-0.3, -0.25) is 0 Å². The molecule has 0 aromatic rings. The van der Waals surface area contributed by atoms with Gasteiger partial charge in [0.05, 0.1) is 19.3 Å². The van der Waals surface area contributed by atoms with Crippen LogP contribution in [0.15, 0.2) is 0 Å². The van der Waals surface area contributed by atoms with Gasteiger partial charge in [-0.25, -0.2) is 0 Å². The van der Waals surface area contributed by atoms with E-state index in [4.69, 9.17) is 10.00 Å². The van der Waals surface area contributed by atoms with Crippen molar-refractivity contribution >= 4 is 0 Å². The van der Waals surface area contributed by atoms with Crippen LogP contribution in [0.25, 0.3) is 0 Å². The molecule has 0 bridgehead atoms. The van der Waals surface area contributed by atoms with Gasteiger partial charge in [-0.15, -0.1) is 0 Å². The highest BCUT2D eigenvalue weighted by Gasteiger charge is 2.38. The van der Waals surface area contributed by atoms with Gasteiger partial charge in [0.15, 0.2) is 0 Å². The van der Waals surface area contributed by atoms with Crippen LogP contribution < -0.4 is 5.32 Å². The maximum atomic E-state index is 8.86. The summed E-state index contributed by atoms with van der Waals surface area (Å²) < 4.78 is 5.03. The maximum Gasteiger partial charge on any atom is 0.116 e. The van der Waals surface area contributed by atoms with E-state index in [-0.39, 0.29) is 5.41 Å². The average molecular weight is 183 g/mol. The summed E-state index contributed by atoms with van der Waals surface area (Å²) in [5.41, 5.74) is -0.244. The number of hydrogen-bond donors (Lipinski definition) is 1. The number of rotatable bonds is 5. The average Bonchev–Trinajstić information content (AvgIpc) is 2.01. The Morgan fingerprint density at radius 2 is 2.23 bits per heavy atom. The van der Waals surface area contributed by atoms with Crippen LogP contribution in [0, 0.1) is 16.7 Å². The van der Waals surface area contributed by atoms with E-state index in [0.717, 1.165) is 19.6 Å². The van der Waals surface area contributed by atoms with Crippen molar-refractivity contribution in [3.05, 3.63) is 0 Å². The van der Waals surface area contributed by atoms with Crippen molar-refractivity contribution in [2.75, 3.05) is 46.9 Å². The molecule has 1 heterocycles. The predicted molar refractivity (Wildman–Crippen MR) is 50.3 cm³/mol. The Morgan fingerprint density at radius 1 is 1.54 bits per heavy atom. The summed E-state index contributed by atoms with van der Waals surface area (Å²) in [5.74, 6) is 0. The molecule has 0 aromatic carbocycles. The van der Waals surface area contributed by atoms with Crippen LogP contribution in [-0.2, 0) is 4.74 Å². The Hall–Kier alpha value is -0.630. The van der Waals surface area contributed by atoms with E-state index in [1.165, 1.54) is 0 Å². The van der Waals surface area contributed by atoms with Crippen molar-refractivity contribution in [1.29, 1.82) is 5.26 Å². The lowest BCUT2D eigenvalue weighted by atomic mass is 9.88. The number of nitriles is 1. The third-order valence-corrected chi connectivity index (χ3v) is 2.19. The summed E-state index contributed by atoms with van der Waals surface area (Å²) in [5, 5.41) is 12.1. The van der Waals surface area contributed by atoms with Gasteiger partial charge in [0.25, 0.3) is 0 Å². The molecule has 1 aliphatic heterocycles. The summed E-state index contributed by atoms with van der Waals surface area (Å²) in [6, 6.07) is 2.30. The van der Waals surface area contributed by atoms with Crippen molar-refractivity contribution in [2.45, 2.75) is 0 Å². The minimum atomic E-state index is -0.244. The fourth-order valence-electron chi connectivity index (χ4n) is 1.18. The Kier molecular flexibility index (Phi) is 3.67. The second-order valence-electron chi connectivity index (χ2n) is 3.86. The molecule has 74 valence electrons. The lowest BCUT2D eigenvalue weighted by Gasteiger charge is -2.35. The summed E-state index contributed by atoms with van der Waals surface area (Å²) in [6.45, 7) is 3.84. The van der Waals surface area contributed by atoms with Crippen molar-refractivity contribution in [1.82, 2.24) is 10.2 Å². The topological polar surface area (TPSA) is 48.3 Å². The van der Waals surface area contributed by atoms with Crippen molar-refractivity contribution in [2.24, 2.45) is 5.41 Å². The molecule has 0 saturated carbocycles. The van der Waals surface area contributed by atoms with Crippen molar-refractivity contribution < 1.29 is 4.74 Å². The number of hydrogen-bond acceptors (Lipinski definition) is 4. The fraction of sp³-hybridized carbons (Fsp3) is 0.889. The summed E-state index contributed by atoms with van der Waals surface area (Å²) in [7, 11) is 4.07. The van der Waals surface area contributed by atoms with Crippen LogP contribution >= 0.6 is 0 Å². The Balaban J connectivity index is 2.08. The Bertz CT molecular complexity index is 194. The van der Waals surface area contributed by atoms with Crippen molar-refractivity contribution in [3.63, 3.8) is 0 Å². The predicted octanol–water partition coefficient (Wildman–Crippen LogP) is -0.322. The Morgan fingerprint density at radius 3 is 2.62 bits per heavy atom. The zero-order valence-electron chi connectivity index (χ0n) is 8.34. The summed E-state index contributed by atoms with van der Waals surface area (Å²) in [4.78, 5) is 2.11. The van der Waals surface area contributed by atoms with Gasteiger partial charge in [0.2, 0.25) is 0 Å². The fourth-order valence-corrected chi connectivity index (χ4v) is 1.18. The van der Waals surface area contributed by atoms with Crippen LogP contribution in [0.5, 0.6) is 0 Å². The highest BCUT2D eigenvalue weighted by atomic mass is 16.5. The molecule has 1 N–H and O–H groups in total. The molecule has 13 heavy (non-hydrogen) atoms. The molecular formula is C9H17N3O. The van der Waals surface area contributed by atoms with Crippen LogP contribution in [0.3, 0.4) is 0 Å². The first-order valence-electron chi connectivity index (χ1n) is 4.53. The minimum Gasteiger partial charge on any atom is -0.378 e. The van der Waals surface area contributed by atoms with Gasteiger partial charge in [-0.1, -0.05) is 0 Å². The van der Waals surface area contributed by atoms with Crippen molar-refractivity contribution in [3.8, 4) is 6.07 Å².